The van der Waals surface area contributed by atoms with Gasteiger partial charge in [0.25, 0.3) is 11.8 Å². The second kappa shape index (κ2) is 8.75. The van der Waals surface area contributed by atoms with Gasteiger partial charge in [-0.1, -0.05) is 0 Å². The van der Waals surface area contributed by atoms with Crippen molar-refractivity contribution in [1.82, 2.24) is 0 Å². The quantitative estimate of drug-likeness (QED) is 0.755. The standard InChI is InChI=1S/C19H22N2O5/c1-12(2)26-15-7-5-14(6-8-15)21-19(23)13-4-9-16(17(10-13)24-3)25-11-18(20)22/h4-10,12H,11H2,1-3H3,(H2,20,22)(H,21,23). The normalized spacial score (nSPS) is 10.3. The number of rotatable bonds is 8. The summed E-state index contributed by atoms with van der Waals surface area (Å²) in [6, 6.07) is 11.8. The van der Waals surface area contributed by atoms with Gasteiger partial charge in [-0.05, 0) is 56.3 Å². The molecule has 0 heterocycles. The molecule has 2 aromatic carbocycles. The first-order valence-electron chi connectivity index (χ1n) is 8.06. The van der Waals surface area contributed by atoms with Crippen LogP contribution in [0, 0.1) is 0 Å². The summed E-state index contributed by atoms with van der Waals surface area (Å²) in [5.41, 5.74) is 6.08. The average molecular weight is 358 g/mol. The largest absolute Gasteiger partial charge is 0.493 e. The van der Waals surface area contributed by atoms with E-state index in [0.717, 1.165) is 5.75 Å². The lowest BCUT2D eigenvalue weighted by Gasteiger charge is -2.12. The lowest BCUT2D eigenvalue weighted by molar-refractivity contribution is -0.119. The number of anilines is 1. The number of hydrogen-bond acceptors (Lipinski definition) is 5. The number of primary amides is 1. The molecule has 7 nitrogen and oxygen atoms in total. The summed E-state index contributed by atoms with van der Waals surface area (Å²) in [5.74, 6) is 0.495. The minimum atomic E-state index is -0.598. The molecule has 0 aliphatic carbocycles. The minimum Gasteiger partial charge on any atom is -0.493 e. The first-order valence-corrected chi connectivity index (χ1v) is 8.06. The summed E-state index contributed by atoms with van der Waals surface area (Å²) in [4.78, 5) is 23.2. The van der Waals surface area contributed by atoms with Crippen LogP contribution in [0.2, 0.25) is 0 Å². The maximum Gasteiger partial charge on any atom is 0.255 e. The summed E-state index contributed by atoms with van der Waals surface area (Å²) < 4.78 is 16.0. The van der Waals surface area contributed by atoms with E-state index in [0.29, 0.717) is 22.7 Å². The van der Waals surface area contributed by atoms with Crippen molar-refractivity contribution in [3.8, 4) is 17.2 Å². The Morgan fingerprint density at radius 1 is 1.08 bits per heavy atom. The van der Waals surface area contributed by atoms with E-state index in [4.69, 9.17) is 19.9 Å². The van der Waals surface area contributed by atoms with Gasteiger partial charge in [-0.25, -0.2) is 0 Å². The molecule has 0 fully saturated rings. The monoisotopic (exact) mass is 358 g/mol. The predicted octanol–water partition coefficient (Wildman–Crippen LogP) is 2.60. The van der Waals surface area contributed by atoms with Gasteiger partial charge in [0.1, 0.15) is 5.75 Å². The van der Waals surface area contributed by atoms with E-state index in [-0.39, 0.29) is 18.6 Å². The minimum absolute atomic E-state index is 0.0817. The van der Waals surface area contributed by atoms with Crippen LogP contribution in [-0.2, 0) is 4.79 Å². The van der Waals surface area contributed by atoms with E-state index in [9.17, 15) is 9.59 Å². The number of nitrogens with two attached hydrogens (primary N) is 1. The van der Waals surface area contributed by atoms with E-state index in [1.165, 1.54) is 13.2 Å². The van der Waals surface area contributed by atoms with Gasteiger partial charge in [0.2, 0.25) is 0 Å². The molecule has 0 bridgehead atoms. The van der Waals surface area contributed by atoms with Gasteiger partial charge in [-0.2, -0.15) is 0 Å². The molecule has 0 atom stereocenters. The maximum absolute atomic E-state index is 12.4. The second-order valence-electron chi connectivity index (χ2n) is 5.77. The fraction of sp³-hybridized carbons (Fsp3) is 0.263. The van der Waals surface area contributed by atoms with Crippen LogP contribution in [0.5, 0.6) is 17.2 Å². The number of amides is 2. The summed E-state index contributed by atoms with van der Waals surface area (Å²) in [5, 5.41) is 2.79. The highest BCUT2D eigenvalue weighted by Crippen LogP contribution is 2.28. The molecule has 0 spiro atoms. The Bertz CT molecular complexity index is 772. The Kier molecular flexibility index (Phi) is 6.43. The van der Waals surface area contributed by atoms with Crippen molar-refractivity contribution in [2.24, 2.45) is 5.73 Å². The molecule has 0 saturated heterocycles. The lowest BCUT2D eigenvalue weighted by Crippen LogP contribution is -2.20. The average Bonchev–Trinajstić information content (AvgIpc) is 2.60. The number of methoxy groups -OCH3 is 1. The summed E-state index contributed by atoms with van der Waals surface area (Å²) in [7, 11) is 1.45. The molecule has 0 unspecified atom stereocenters. The van der Waals surface area contributed by atoms with Crippen molar-refractivity contribution in [3.63, 3.8) is 0 Å². The van der Waals surface area contributed by atoms with Gasteiger partial charge in [-0.15, -0.1) is 0 Å². The molecule has 7 heteroatoms. The Balaban J connectivity index is 2.07. The van der Waals surface area contributed by atoms with Crippen LogP contribution in [0.15, 0.2) is 42.5 Å². The molecular formula is C19H22N2O5. The lowest BCUT2D eigenvalue weighted by atomic mass is 10.2. The molecule has 26 heavy (non-hydrogen) atoms. The number of carbonyl (C=O) groups is 2. The summed E-state index contributed by atoms with van der Waals surface area (Å²) in [6.45, 7) is 3.62. The van der Waals surface area contributed by atoms with Gasteiger partial charge >= 0.3 is 0 Å². The molecule has 138 valence electrons. The zero-order chi connectivity index (χ0) is 19.1. The third kappa shape index (κ3) is 5.41. The van der Waals surface area contributed by atoms with Crippen LogP contribution >= 0.6 is 0 Å². The van der Waals surface area contributed by atoms with Gasteiger partial charge in [0.05, 0.1) is 13.2 Å². The molecule has 0 aromatic heterocycles. The predicted molar refractivity (Wildman–Crippen MR) is 97.8 cm³/mol. The first-order chi connectivity index (χ1) is 12.4. The van der Waals surface area contributed by atoms with E-state index < -0.39 is 5.91 Å². The molecule has 0 radical (unpaired) electrons. The fourth-order valence-electron chi connectivity index (χ4n) is 2.17. The highest BCUT2D eigenvalue weighted by molar-refractivity contribution is 6.04. The molecule has 2 amide bonds. The zero-order valence-corrected chi connectivity index (χ0v) is 14.9. The molecule has 0 aliphatic rings. The Morgan fingerprint density at radius 2 is 1.77 bits per heavy atom. The number of hydrogen-bond donors (Lipinski definition) is 2. The topological polar surface area (TPSA) is 99.9 Å². The van der Waals surface area contributed by atoms with E-state index in [2.05, 4.69) is 5.32 Å². The SMILES string of the molecule is COc1cc(C(=O)Nc2ccc(OC(C)C)cc2)ccc1OCC(N)=O. The fourth-order valence-corrected chi connectivity index (χ4v) is 2.17. The molecule has 0 saturated carbocycles. The number of ether oxygens (including phenoxy) is 3. The van der Waals surface area contributed by atoms with Crippen LogP contribution in [-0.4, -0.2) is 31.6 Å². The van der Waals surface area contributed by atoms with Gasteiger partial charge < -0.3 is 25.3 Å². The summed E-state index contributed by atoms with van der Waals surface area (Å²) >= 11 is 0. The third-order valence-electron chi connectivity index (χ3n) is 3.28. The van der Waals surface area contributed by atoms with Crippen molar-refractivity contribution in [2.75, 3.05) is 19.0 Å². The van der Waals surface area contributed by atoms with Crippen LogP contribution in [0.4, 0.5) is 5.69 Å². The van der Waals surface area contributed by atoms with Crippen molar-refractivity contribution >= 4 is 17.5 Å². The van der Waals surface area contributed by atoms with Crippen LogP contribution in [0.1, 0.15) is 24.2 Å². The van der Waals surface area contributed by atoms with Crippen LogP contribution < -0.4 is 25.3 Å². The highest BCUT2D eigenvalue weighted by atomic mass is 16.5. The molecule has 0 aliphatic heterocycles. The highest BCUT2D eigenvalue weighted by Gasteiger charge is 2.12. The Labute approximate surface area is 152 Å². The number of carbonyl (C=O) groups excluding carboxylic acids is 2. The zero-order valence-electron chi connectivity index (χ0n) is 14.9. The third-order valence-corrected chi connectivity index (χ3v) is 3.28. The molecular weight excluding hydrogens is 336 g/mol. The van der Waals surface area contributed by atoms with Gasteiger partial charge in [0.15, 0.2) is 18.1 Å². The van der Waals surface area contributed by atoms with Crippen molar-refractivity contribution in [2.45, 2.75) is 20.0 Å². The van der Waals surface area contributed by atoms with E-state index in [1.54, 1.807) is 36.4 Å². The number of benzene rings is 2. The van der Waals surface area contributed by atoms with Gasteiger partial charge in [0, 0.05) is 11.3 Å². The Hall–Kier alpha value is -3.22. The van der Waals surface area contributed by atoms with Gasteiger partial charge in [-0.3, -0.25) is 9.59 Å². The van der Waals surface area contributed by atoms with E-state index >= 15 is 0 Å². The molecule has 2 aromatic rings. The van der Waals surface area contributed by atoms with Crippen LogP contribution in [0.3, 0.4) is 0 Å². The van der Waals surface area contributed by atoms with Crippen molar-refractivity contribution in [1.29, 1.82) is 0 Å². The first kappa shape index (κ1) is 19.1. The van der Waals surface area contributed by atoms with Crippen molar-refractivity contribution < 1.29 is 23.8 Å². The Morgan fingerprint density at radius 3 is 2.35 bits per heavy atom. The van der Waals surface area contributed by atoms with Crippen molar-refractivity contribution in [3.05, 3.63) is 48.0 Å². The summed E-state index contributed by atoms with van der Waals surface area (Å²) in [6.07, 6.45) is 0.0817. The molecule has 2 rings (SSSR count). The van der Waals surface area contributed by atoms with Crippen LogP contribution in [0.25, 0.3) is 0 Å². The molecule has 3 N–H and O–H groups in total. The second-order valence-corrected chi connectivity index (χ2v) is 5.77. The number of nitrogens with one attached hydrogen (secondary N) is 1. The smallest absolute Gasteiger partial charge is 0.255 e. The van der Waals surface area contributed by atoms with E-state index in [1.807, 2.05) is 13.8 Å². The maximum atomic E-state index is 12.4.